The molecule has 0 aliphatic heterocycles. The molecule has 0 aliphatic carbocycles. The largest absolute Gasteiger partial charge is 0.367 e. The van der Waals surface area contributed by atoms with E-state index in [1.54, 1.807) is 0 Å². The van der Waals surface area contributed by atoms with E-state index in [1.165, 1.54) is 0 Å². The molecule has 6 heteroatoms. The van der Waals surface area contributed by atoms with Crippen LogP contribution in [-0.2, 0) is 0 Å². The van der Waals surface area contributed by atoms with E-state index in [4.69, 9.17) is 10.2 Å². The fourth-order valence-electron chi connectivity index (χ4n) is 0.179. The normalized spacial score (nSPS) is 8.44. The molecule has 0 amide bonds. The Morgan fingerprint density at radius 3 is 2.22 bits per heavy atom. The van der Waals surface area contributed by atoms with Crippen LogP contribution in [0.5, 0.6) is 0 Å². The maximum absolute atomic E-state index is 8.20. The summed E-state index contributed by atoms with van der Waals surface area (Å²) in [4.78, 5) is 0. The third-order valence-electron chi connectivity index (χ3n) is 0.436. The van der Waals surface area contributed by atoms with Gasteiger partial charge in [0.2, 0.25) is 0 Å². The van der Waals surface area contributed by atoms with Crippen LogP contribution in [-0.4, -0.2) is 56.9 Å². The monoisotopic (exact) mass is 176 g/mol. The van der Waals surface area contributed by atoms with Gasteiger partial charge >= 0.3 is 0 Å². The predicted molar refractivity (Wildman–Crippen MR) is 43.6 cm³/mol. The van der Waals surface area contributed by atoms with Crippen molar-refractivity contribution in [3.05, 3.63) is 0 Å². The second-order valence-corrected chi connectivity index (χ2v) is 2.32. The minimum absolute atomic E-state index is 0. The topological polar surface area (TPSA) is 52.5 Å². The van der Waals surface area contributed by atoms with E-state index in [0.29, 0.717) is 0 Å². The molecule has 0 fully saturated rings. The molecule has 0 aliphatic rings. The van der Waals surface area contributed by atoms with Gasteiger partial charge in [0.15, 0.2) is 6.29 Å². The summed E-state index contributed by atoms with van der Waals surface area (Å²) in [6.07, 6.45) is -1.36. The van der Waals surface area contributed by atoms with Crippen LogP contribution in [0.1, 0.15) is 0 Å². The van der Waals surface area contributed by atoms with E-state index in [9.17, 15) is 0 Å². The predicted octanol–water partition coefficient (Wildman–Crippen LogP) is -1.28. The maximum Gasteiger partial charge on any atom is 0.169 e. The fraction of sp³-hybridized carbons (Fsp3) is 0.667. The molecule has 0 aromatic carbocycles. The Morgan fingerprint density at radius 1 is 1.67 bits per heavy atom. The number of nitrogens with one attached hydrogen (secondary N) is 1. The summed E-state index contributed by atoms with van der Waals surface area (Å²) < 4.78 is 0.262. The second-order valence-electron chi connectivity index (χ2n) is 1.17. The van der Waals surface area contributed by atoms with Crippen molar-refractivity contribution in [2.75, 3.05) is 6.54 Å². The first-order valence-electron chi connectivity index (χ1n) is 1.96. The number of rotatable bonds is 2. The summed E-state index contributed by atoms with van der Waals surface area (Å²) >= 11 is 8.12. The number of aliphatic hydroxyl groups excluding tert-OH is 1. The summed E-state index contributed by atoms with van der Waals surface area (Å²) in [5.41, 5.74) is 0. The molecular formula is C3H7NNaO2S2. The SMILES string of the molecule is OC(O)CNC(=S)S.[Na]. The molecule has 3 N–H and O–H groups in total. The van der Waals surface area contributed by atoms with Gasteiger partial charge in [-0.2, -0.15) is 0 Å². The zero-order valence-corrected chi connectivity index (χ0v) is 8.75. The van der Waals surface area contributed by atoms with Crippen molar-refractivity contribution in [3.63, 3.8) is 0 Å². The molecule has 0 unspecified atom stereocenters. The van der Waals surface area contributed by atoms with Crippen molar-refractivity contribution >= 4 is 58.7 Å². The van der Waals surface area contributed by atoms with E-state index in [-0.39, 0.29) is 40.4 Å². The zero-order valence-electron chi connectivity index (χ0n) is 5.03. The van der Waals surface area contributed by atoms with Gasteiger partial charge in [-0.05, 0) is 0 Å². The van der Waals surface area contributed by atoms with Gasteiger partial charge in [0.05, 0.1) is 6.54 Å². The zero-order chi connectivity index (χ0) is 6.57. The van der Waals surface area contributed by atoms with E-state index in [0.717, 1.165) is 0 Å². The first-order chi connectivity index (χ1) is 3.63. The molecule has 0 atom stereocenters. The third-order valence-corrected chi connectivity index (χ3v) is 0.738. The molecule has 1 radical (unpaired) electrons. The van der Waals surface area contributed by atoms with Crippen molar-refractivity contribution in [2.45, 2.75) is 6.29 Å². The number of hydrogen-bond acceptors (Lipinski definition) is 3. The Kier molecular flexibility index (Phi) is 10.3. The molecule has 0 heterocycles. The van der Waals surface area contributed by atoms with Crippen LogP contribution < -0.4 is 5.32 Å². The van der Waals surface area contributed by atoms with Gasteiger partial charge in [-0.15, -0.1) is 12.6 Å². The summed E-state index contributed by atoms with van der Waals surface area (Å²) in [6, 6.07) is 0. The average molecular weight is 176 g/mol. The minimum atomic E-state index is -1.36. The number of thiol groups is 1. The molecule has 0 saturated heterocycles. The molecule has 0 aromatic heterocycles. The van der Waals surface area contributed by atoms with Crippen molar-refractivity contribution in [3.8, 4) is 0 Å². The van der Waals surface area contributed by atoms with Gasteiger partial charge in [-0.25, -0.2) is 0 Å². The number of thiocarbonyl (C=S) groups is 1. The van der Waals surface area contributed by atoms with Crippen molar-refractivity contribution in [1.82, 2.24) is 5.32 Å². The Bertz CT molecular complexity index is 89.9. The molecule has 3 nitrogen and oxygen atoms in total. The standard InChI is InChI=1S/C3H7NO2S2.Na/c5-2(6)1-4-3(7)8;/h2,5-6H,1H2,(H2,4,7,8);. The molecule has 0 rings (SSSR count). The maximum atomic E-state index is 8.20. The molecular weight excluding hydrogens is 169 g/mol. The van der Waals surface area contributed by atoms with Crippen LogP contribution >= 0.6 is 24.8 Å². The van der Waals surface area contributed by atoms with E-state index in [2.05, 4.69) is 30.2 Å². The van der Waals surface area contributed by atoms with Gasteiger partial charge in [0.1, 0.15) is 4.32 Å². The molecule has 49 valence electrons. The Balaban J connectivity index is 0. The van der Waals surface area contributed by atoms with E-state index >= 15 is 0 Å². The van der Waals surface area contributed by atoms with Gasteiger partial charge in [0.25, 0.3) is 0 Å². The molecule has 0 bridgehead atoms. The Morgan fingerprint density at radius 2 is 2.11 bits per heavy atom. The fourth-order valence-corrected chi connectivity index (χ4v) is 0.353. The molecule has 0 aromatic rings. The first kappa shape index (κ1) is 12.8. The van der Waals surface area contributed by atoms with Gasteiger partial charge in [-0.1, -0.05) is 12.2 Å². The molecule has 0 spiro atoms. The Labute approximate surface area is 86.5 Å². The van der Waals surface area contributed by atoms with Crippen molar-refractivity contribution < 1.29 is 10.2 Å². The van der Waals surface area contributed by atoms with Crippen molar-refractivity contribution in [2.24, 2.45) is 0 Å². The number of aliphatic hydroxyl groups is 2. The summed E-state index contributed by atoms with van der Waals surface area (Å²) in [5.74, 6) is 0. The van der Waals surface area contributed by atoms with Crippen LogP contribution in [0, 0.1) is 0 Å². The van der Waals surface area contributed by atoms with Crippen LogP contribution in [0.3, 0.4) is 0 Å². The molecule has 9 heavy (non-hydrogen) atoms. The minimum Gasteiger partial charge on any atom is -0.367 e. The second kappa shape index (κ2) is 7.27. The van der Waals surface area contributed by atoms with Crippen molar-refractivity contribution in [1.29, 1.82) is 0 Å². The Hall–Kier alpha value is 1.16. The van der Waals surface area contributed by atoms with E-state index < -0.39 is 6.29 Å². The smallest absolute Gasteiger partial charge is 0.169 e. The average Bonchev–Trinajstić information content (AvgIpc) is 1.61. The van der Waals surface area contributed by atoms with Gasteiger partial charge in [-0.3, -0.25) is 0 Å². The van der Waals surface area contributed by atoms with E-state index in [1.807, 2.05) is 0 Å². The summed E-state index contributed by atoms with van der Waals surface area (Å²) in [7, 11) is 0. The van der Waals surface area contributed by atoms with Crippen LogP contribution in [0.15, 0.2) is 0 Å². The van der Waals surface area contributed by atoms with Crippen LogP contribution in [0.25, 0.3) is 0 Å². The van der Waals surface area contributed by atoms with Crippen LogP contribution in [0.4, 0.5) is 0 Å². The molecule has 0 saturated carbocycles. The summed E-state index contributed by atoms with van der Waals surface area (Å²) in [5, 5.41) is 18.8. The van der Waals surface area contributed by atoms with Gasteiger partial charge < -0.3 is 15.5 Å². The quantitative estimate of drug-likeness (QED) is 0.183. The van der Waals surface area contributed by atoms with Gasteiger partial charge in [0, 0.05) is 29.6 Å². The third kappa shape index (κ3) is 12.4. The summed E-state index contributed by atoms with van der Waals surface area (Å²) in [6.45, 7) is 0.0301. The number of hydrogen-bond donors (Lipinski definition) is 4. The van der Waals surface area contributed by atoms with Crippen LogP contribution in [0.2, 0.25) is 0 Å². The first-order valence-corrected chi connectivity index (χ1v) is 2.81.